The van der Waals surface area contributed by atoms with Crippen LogP contribution < -0.4 is 4.72 Å². The molecule has 6 heteroatoms. The summed E-state index contributed by atoms with van der Waals surface area (Å²) < 4.78 is 39.3. The first-order chi connectivity index (χ1) is 8.47. The van der Waals surface area contributed by atoms with Crippen molar-refractivity contribution in [1.82, 2.24) is 4.72 Å². The van der Waals surface area contributed by atoms with Crippen molar-refractivity contribution in [3.63, 3.8) is 0 Å². The molecular formula is C12H18FNO3S. The van der Waals surface area contributed by atoms with Gasteiger partial charge in [0.05, 0.1) is 4.90 Å². The number of hydrogen-bond acceptors (Lipinski definition) is 3. The first kappa shape index (κ1) is 15.1. The fourth-order valence-electron chi connectivity index (χ4n) is 1.44. The summed E-state index contributed by atoms with van der Waals surface area (Å²) in [5, 5.41) is 8.58. The van der Waals surface area contributed by atoms with Gasteiger partial charge in [-0.15, -0.1) is 0 Å². The highest BCUT2D eigenvalue weighted by molar-refractivity contribution is 7.89. The molecule has 0 aromatic heterocycles. The zero-order chi connectivity index (χ0) is 13.6. The van der Waals surface area contributed by atoms with Crippen LogP contribution in [-0.4, -0.2) is 26.7 Å². The van der Waals surface area contributed by atoms with Crippen LogP contribution in [0.15, 0.2) is 23.1 Å². The summed E-state index contributed by atoms with van der Waals surface area (Å²) in [6, 6.07) is 3.84. The second-order valence-electron chi connectivity index (χ2n) is 4.09. The summed E-state index contributed by atoms with van der Waals surface area (Å²) in [6.45, 7) is 1.97. The van der Waals surface area contributed by atoms with Crippen LogP contribution in [-0.2, 0) is 10.0 Å². The normalized spacial score (nSPS) is 11.7. The summed E-state index contributed by atoms with van der Waals surface area (Å²) in [7, 11) is -3.64. The topological polar surface area (TPSA) is 66.4 Å². The molecule has 0 fully saturated rings. The highest BCUT2D eigenvalue weighted by Gasteiger charge is 2.14. The number of halogens is 1. The van der Waals surface area contributed by atoms with E-state index in [-0.39, 0.29) is 18.0 Å². The molecule has 0 amide bonds. The van der Waals surface area contributed by atoms with Crippen LogP contribution in [0.3, 0.4) is 0 Å². The number of hydrogen-bond donors (Lipinski definition) is 2. The zero-order valence-corrected chi connectivity index (χ0v) is 11.1. The Bertz CT molecular complexity index is 488. The van der Waals surface area contributed by atoms with Gasteiger partial charge in [-0.1, -0.05) is 6.07 Å². The fourth-order valence-corrected chi connectivity index (χ4v) is 2.53. The molecule has 1 rings (SSSR count). The fraction of sp³-hybridized carbons (Fsp3) is 0.500. The standard InChI is InChI=1S/C12H18FNO3S/c1-10-5-6-11(9-12(10)13)18(16,17)14-7-3-2-4-8-15/h5-6,9,14-15H,2-4,7-8H2,1H3. The van der Waals surface area contributed by atoms with Crippen LogP contribution in [0.5, 0.6) is 0 Å². The molecule has 102 valence electrons. The minimum atomic E-state index is -3.64. The molecule has 18 heavy (non-hydrogen) atoms. The van der Waals surface area contributed by atoms with Crippen molar-refractivity contribution in [1.29, 1.82) is 0 Å². The largest absolute Gasteiger partial charge is 0.396 e. The SMILES string of the molecule is Cc1ccc(S(=O)(=O)NCCCCCO)cc1F. The molecule has 1 aromatic rings. The number of unbranched alkanes of at least 4 members (excludes halogenated alkanes) is 2. The second-order valence-corrected chi connectivity index (χ2v) is 5.86. The van der Waals surface area contributed by atoms with Gasteiger partial charge in [-0.25, -0.2) is 17.5 Å². The lowest BCUT2D eigenvalue weighted by molar-refractivity contribution is 0.283. The van der Waals surface area contributed by atoms with Gasteiger partial charge < -0.3 is 5.11 Å². The zero-order valence-electron chi connectivity index (χ0n) is 10.3. The van der Waals surface area contributed by atoms with Crippen molar-refractivity contribution in [3.05, 3.63) is 29.6 Å². The third kappa shape index (κ3) is 4.36. The van der Waals surface area contributed by atoms with Gasteiger partial charge in [0, 0.05) is 13.2 Å². The smallest absolute Gasteiger partial charge is 0.240 e. The lowest BCUT2D eigenvalue weighted by Gasteiger charge is -2.07. The van der Waals surface area contributed by atoms with E-state index in [4.69, 9.17) is 5.11 Å². The number of nitrogens with one attached hydrogen (secondary N) is 1. The third-order valence-electron chi connectivity index (χ3n) is 2.58. The van der Waals surface area contributed by atoms with Crippen molar-refractivity contribution in [2.45, 2.75) is 31.1 Å². The summed E-state index contributed by atoms with van der Waals surface area (Å²) in [5.74, 6) is -0.529. The van der Waals surface area contributed by atoms with Crippen LogP contribution in [0, 0.1) is 12.7 Å². The van der Waals surface area contributed by atoms with Crippen LogP contribution in [0.4, 0.5) is 4.39 Å². The summed E-state index contributed by atoms with van der Waals surface area (Å²) in [5.41, 5.74) is 0.414. The molecule has 0 saturated heterocycles. The Balaban J connectivity index is 2.60. The van der Waals surface area contributed by atoms with Gasteiger partial charge in [0.15, 0.2) is 0 Å². The van der Waals surface area contributed by atoms with E-state index in [0.29, 0.717) is 18.4 Å². The Morgan fingerprint density at radius 1 is 1.28 bits per heavy atom. The molecular weight excluding hydrogens is 257 g/mol. The first-order valence-electron chi connectivity index (χ1n) is 5.84. The van der Waals surface area contributed by atoms with Crippen LogP contribution in [0.1, 0.15) is 24.8 Å². The summed E-state index contributed by atoms with van der Waals surface area (Å²) in [6.07, 6.45) is 2.05. The van der Waals surface area contributed by atoms with E-state index in [1.807, 2.05) is 0 Å². The number of aryl methyl sites for hydroxylation is 1. The van der Waals surface area contributed by atoms with E-state index < -0.39 is 15.8 Å². The maximum Gasteiger partial charge on any atom is 0.240 e. The van der Waals surface area contributed by atoms with E-state index in [2.05, 4.69) is 4.72 Å². The number of aliphatic hydroxyl groups is 1. The first-order valence-corrected chi connectivity index (χ1v) is 7.32. The summed E-state index contributed by atoms with van der Waals surface area (Å²) >= 11 is 0. The van der Waals surface area contributed by atoms with E-state index in [0.717, 1.165) is 12.5 Å². The Labute approximate surface area is 107 Å². The van der Waals surface area contributed by atoms with Gasteiger partial charge in [0.2, 0.25) is 10.0 Å². The molecule has 0 heterocycles. The molecule has 1 aromatic carbocycles. The third-order valence-corrected chi connectivity index (χ3v) is 4.04. The van der Waals surface area contributed by atoms with Crippen LogP contribution in [0.25, 0.3) is 0 Å². The monoisotopic (exact) mass is 275 g/mol. The predicted octanol–water partition coefficient (Wildman–Crippen LogP) is 1.58. The summed E-state index contributed by atoms with van der Waals surface area (Å²) in [4.78, 5) is -0.0623. The maximum absolute atomic E-state index is 13.3. The van der Waals surface area contributed by atoms with Crippen molar-refractivity contribution in [2.24, 2.45) is 0 Å². The van der Waals surface area contributed by atoms with Gasteiger partial charge in [-0.3, -0.25) is 0 Å². The minimum Gasteiger partial charge on any atom is -0.396 e. The average Bonchev–Trinajstić information content (AvgIpc) is 2.32. The molecule has 0 aliphatic carbocycles. The highest BCUT2D eigenvalue weighted by atomic mass is 32.2. The number of sulfonamides is 1. The molecule has 0 radical (unpaired) electrons. The molecule has 0 aliphatic heterocycles. The van der Waals surface area contributed by atoms with Crippen LogP contribution >= 0.6 is 0 Å². The van der Waals surface area contributed by atoms with Gasteiger partial charge in [0.25, 0.3) is 0 Å². The van der Waals surface area contributed by atoms with Gasteiger partial charge >= 0.3 is 0 Å². The molecule has 0 saturated carbocycles. The molecule has 2 N–H and O–H groups in total. The van der Waals surface area contributed by atoms with Gasteiger partial charge in [0.1, 0.15) is 5.82 Å². The van der Waals surface area contributed by atoms with E-state index >= 15 is 0 Å². The maximum atomic E-state index is 13.3. The van der Waals surface area contributed by atoms with Crippen molar-refractivity contribution >= 4 is 10.0 Å². The average molecular weight is 275 g/mol. The number of aliphatic hydroxyl groups excluding tert-OH is 1. The molecule has 0 unspecified atom stereocenters. The lowest BCUT2D eigenvalue weighted by atomic mass is 10.2. The lowest BCUT2D eigenvalue weighted by Crippen LogP contribution is -2.25. The minimum absolute atomic E-state index is 0.0623. The predicted molar refractivity (Wildman–Crippen MR) is 67.3 cm³/mol. The van der Waals surface area contributed by atoms with Crippen molar-refractivity contribution in [3.8, 4) is 0 Å². The quantitative estimate of drug-likeness (QED) is 0.742. The molecule has 4 nitrogen and oxygen atoms in total. The Morgan fingerprint density at radius 2 is 2.00 bits per heavy atom. The van der Waals surface area contributed by atoms with Gasteiger partial charge in [-0.05, 0) is 43.9 Å². The second kappa shape index (κ2) is 6.82. The molecule has 0 atom stereocenters. The Hall–Kier alpha value is -0.980. The number of benzene rings is 1. The molecule has 0 bridgehead atoms. The molecule has 0 aliphatic rings. The van der Waals surface area contributed by atoms with Crippen molar-refractivity contribution < 1.29 is 17.9 Å². The Morgan fingerprint density at radius 3 is 2.61 bits per heavy atom. The highest BCUT2D eigenvalue weighted by Crippen LogP contribution is 2.13. The Kier molecular flexibility index (Phi) is 5.71. The molecule has 0 spiro atoms. The van der Waals surface area contributed by atoms with Crippen LogP contribution in [0.2, 0.25) is 0 Å². The van der Waals surface area contributed by atoms with E-state index in [1.54, 1.807) is 6.92 Å². The van der Waals surface area contributed by atoms with E-state index in [9.17, 15) is 12.8 Å². The number of rotatable bonds is 7. The van der Waals surface area contributed by atoms with Gasteiger partial charge in [-0.2, -0.15) is 0 Å². The van der Waals surface area contributed by atoms with Crippen molar-refractivity contribution in [2.75, 3.05) is 13.2 Å². The van der Waals surface area contributed by atoms with E-state index in [1.165, 1.54) is 12.1 Å².